The van der Waals surface area contributed by atoms with E-state index in [0.29, 0.717) is 9.52 Å². The maximum atomic E-state index is 2.38. The lowest BCUT2D eigenvalue weighted by Gasteiger charge is -2.09. The van der Waals surface area contributed by atoms with E-state index in [-0.39, 0.29) is 8.80 Å². The van der Waals surface area contributed by atoms with Gasteiger partial charge in [-0.1, -0.05) is 143 Å². The summed E-state index contributed by atoms with van der Waals surface area (Å²) < 4.78 is 0. The molecule has 2 aromatic rings. The predicted molar refractivity (Wildman–Crippen MR) is 155 cm³/mol. The molecule has 0 saturated heterocycles. The van der Waals surface area contributed by atoms with Gasteiger partial charge in [-0.3, -0.25) is 0 Å². The van der Waals surface area contributed by atoms with Crippen LogP contribution in [0.4, 0.5) is 0 Å². The molecule has 0 unspecified atom stereocenters. The van der Waals surface area contributed by atoms with Crippen LogP contribution < -0.4 is 10.4 Å². The zero-order valence-electron chi connectivity index (χ0n) is 21.1. The van der Waals surface area contributed by atoms with Crippen molar-refractivity contribution in [3.05, 3.63) is 60.7 Å². The minimum atomic E-state index is -0.919. The number of hydrogen-bond acceptors (Lipinski definition) is 0. The van der Waals surface area contributed by atoms with E-state index in [1.165, 1.54) is 20.6 Å². The molecule has 0 amide bonds. The SMILES string of the molecule is C[SiH2]C.C[SiH3].C[SiH](C)C.C[SiH](c1ccccc1)c1ccccc1.C[Si](C)(C)C. The molecular weight excluding hydrogens is 417 g/mol. The molecule has 0 aliphatic rings. The van der Waals surface area contributed by atoms with Crippen LogP contribution in [0.5, 0.6) is 0 Å². The fourth-order valence-corrected chi connectivity index (χ4v) is 3.66. The fourth-order valence-electron chi connectivity index (χ4n) is 1.68. The molecule has 0 bridgehead atoms. The Hall–Kier alpha value is -0.476. The summed E-state index contributed by atoms with van der Waals surface area (Å²) >= 11 is 0. The van der Waals surface area contributed by atoms with E-state index >= 15 is 0 Å². The van der Waals surface area contributed by atoms with Gasteiger partial charge >= 0.3 is 0 Å². The van der Waals surface area contributed by atoms with Crippen LogP contribution in [0, 0.1) is 0 Å². The molecule has 0 nitrogen and oxygen atoms in total. The van der Waals surface area contributed by atoms with Gasteiger partial charge in [-0.05, 0) is 10.2 Å². The Morgan fingerprint density at radius 2 is 0.821 bits per heavy atom. The van der Waals surface area contributed by atoms with Crippen LogP contribution in [-0.4, -0.2) is 45.4 Å². The van der Waals surface area contributed by atoms with Gasteiger partial charge in [0, 0.05) is 26.4 Å². The van der Waals surface area contributed by atoms with E-state index in [1.807, 2.05) is 0 Å². The smallest absolute Gasteiger partial charge is 0.0777 e. The predicted octanol–water partition coefficient (Wildman–Crippen LogP) is 4.37. The third-order valence-electron chi connectivity index (χ3n) is 2.60. The molecular formula is C23H50Si5. The maximum absolute atomic E-state index is 2.38. The highest BCUT2D eigenvalue weighted by atomic mass is 28.3. The molecule has 0 atom stereocenters. The average molecular weight is 467 g/mol. The third-order valence-corrected chi connectivity index (χ3v) is 5.37. The molecule has 0 N–H and O–H groups in total. The summed E-state index contributed by atoms with van der Waals surface area (Å²) in [4.78, 5) is 0. The van der Waals surface area contributed by atoms with E-state index in [2.05, 4.69) is 133 Å². The molecule has 0 aliphatic carbocycles. The Morgan fingerprint density at radius 3 is 1.00 bits per heavy atom. The molecule has 0 fully saturated rings. The topological polar surface area (TPSA) is 0 Å². The molecule has 5 heteroatoms. The van der Waals surface area contributed by atoms with Gasteiger partial charge in [0.2, 0.25) is 0 Å². The lowest BCUT2D eigenvalue weighted by Crippen LogP contribution is -2.38. The highest BCUT2D eigenvalue weighted by Gasteiger charge is 2.07. The van der Waals surface area contributed by atoms with Crippen molar-refractivity contribution in [1.82, 2.24) is 0 Å². The van der Waals surface area contributed by atoms with Crippen LogP contribution in [0.25, 0.3) is 0 Å². The second kappa shape index (κ2) is 21.2. The van der Waals surface area contributed by atoms with Gasteiger partial charge in [0.25, 0.3) is 0 Å². The van der Waals surface area contributed by atoms with Crippen molar-refractivity contribution in [1.29, 1.82) is 0 Å². The van der Waals surface area contributed by atoms with Crippen LogP contribution in [-0.2, 0) is 0 Å². The summed E-state index contributed by atoms with van der Waals surface area (Å²) in [5.74, 6) is 0. The van der Waals surface area contributed by atoms with Crippen molar-refractivity contribution in [3.63, 3.8) is 0 Å². The van der Waals surface area contributed by atoms with E-state index in [1.54, 1.807) is 0 Å². The van der Waals surface area contributed by atoms with Crippen molar-refractivity contribution in [2.45, 2.75) is 72.0 Å². The molecule has 0 radical (unpaired) electrons. The summed E-state index contributed by atoms with van der Waals surface area (Å²) in [6, 6.07) is 21.6. The Balaban J connectivity index is -0.000000372. The molecule has 162 valence electrons. The van der Waals surface area contributed by atoms with E-state index in [0.717, 1.165) is 0 Å². The second-order valence-corrected chi connectivity index (χ2v) is 22.6. The van der Waals surface area contributed by atoms with Crippen LogP contribution in [0.3, 0.4) is 0 Å². The van der Waals surface area contributed by atoms with Crippen molar-refractivity contribution in [2.24, 2.45) is 0 Å². The van der Waals surface area contributed by atoms with Crippen molar-refractivity contribution in [2.75, 3.05) is 0 Å². The van der Waals surface area contributed by atoms with E-state index < -0.39 is 16.9 Å². The van der Waals surface area contributed by atoms with Crippen molar-refractivity contribution < 1.29 is 0 Å². The summed E-state index contributed by atoms with van der Waals surface area (Å²) in [6.07, 6.45) is 0. The zero-order chi connectivity index (χ0) is 22.6. The molecule has 0 aliphatic heterocycles. The Bertz CT molecular complexity index is 473. The van der Waals surface area contributed by atoms with Gasteiger partial charge in [0.15, 0.2) is 0 Å². The number of rotatable bonds is 2. The fraction of sp³-hybridized carbons (Fsp3) is 0.478. The quantitative estimate of drug-likeness (QED) is 0.577. The monoisotopic (exact) mass is 466 g/mol. The molecule has 0 aromatic heterocycles. The molecule has 0 saturated carbocycles. The maximum Gasteiger partial charge on any atom is 0.0997 e. The van der Waals surface area contributed by atoms with Gasteiger partial charge in [0.05, 0.1) is 8.80 Å². The van der Waals surface area contributed by atoms with Gasteiger partial charge in [0.1, 0.15) is 0 Å². The lowest BCUT2D eigenvalue weighted by molar-refractivity contribution is 1.71. The first kappa shape index (κ1) is 32.2. The normalized spacial score (nSPS) is 9.61. The van der Waals surface area contributed by atoms with Crippen molar-refractivity contribution >= 4 is 55.8 Å². The molecule has 28 heavy (non-hydrogen) atoms. The van der Waals surface area contributed by atoms with E-state index in [4.69, 9.17) is 0 Å². The highest BCUT2D eigenvalue weighted by Crippen LogP contribution is 1.94. The van der Waals surface area contributed by atoms with E-state index in [9.17, 15) is 0 Å². The van der Waals surface area contributed by atoms with Gasteiger partial charge in [-0.25, -0.2) is 0 Å². The summed E-state index contributed by atoms with van der Waals surface area (Å²) in [6.45, 7) is 25.3. The summed E-state index contributed by atoms with van der Waals surface area (Å²) in [5, 5.41) is 3.03. The molecule has 2 aromatic carbocycles. The largest absolute Gasteiger partial charge is 0.0997 e. The summed E-state index contributed by atoms with van der Waals surface area (Å²) in [7, 11) is 0.0535. The third kappa shape index (κ3) is 27.7. The summed E-state index contributed by atoms with van der Waals surface area (Å²) in [5.41, 5.74) is 0. The average Bonchev–Trinajstić information content (AvgIpc) is 2.63. The van der Waals surface area contributed by atoms with Gasteiger partial charge < -0.3 is 0 Å². The first-order valence-corrected chi connectivity index (χ1v) is 25.7. The van der Waals surface area contributed by atoms with Crippen LogP contribution in [0.2, 0.25) is 72.0 Å². The minimum absolute atomic E-state index is 0.139. The number of benzene rings is 2. The molecule has 0 spiro atoms. The van der Waals surface area contributed by atoms with Crippen molar-refractivity contribution in [3.8, 4) is 0 Å². The minimum Gasteiger partial charge on any atom is -0.0777 e. The second-order valence-electron chi connectivity index (χ2n) is 8.98. The molecule has 2 rings (SSSR count). The Labute approximate surface area is 188 Å². The van der Waals surface area contributed by atoms with Crippen LogP contribution in [0.15, 0.2) is 60.7 Å². The Kier molecular flexibility index (Phi) is 24.4. The first-order chi connectivity index (χ1) is 13.0. The zero-order valence-corrected chi connectivity index (χ0v) is 27.9. The highest BCUT2D eigenvalue weighted by molar-refractivity contribution is 6.84. The Morgan fingerprint density at radius 1 is 0.643 bits per heavy atom. The van der Waals surface area contributed by atoms with Crippen LogP contribution >= 0.6 is 0 Å². The number of hydrogen-bond donors (Lipinski definition) is 0. The van der Waals surface area contributed by atoms with Crippen LogP contribution in [0.1, 0.15) is 0 Å². The first-order valence-electron chi connectivity index (χ1n) is 11.1. The molecule has 0 heterocycles. The van der Waals surface area contributed by atoms with Gasteiger partial charge in [-0.2, -0.15) is 0 Å². The lowest BCUT2D eigenvalue weighted by atomic mass is 10.4. The standard InChI is InChI=1S/C13H14Si.C4H12Si.C3H10Si.C2H8Si.CH6Si/c1-14(12-8-4-2-5-9-12)13-10-6-3-7-11-13;1-5(2,3)4;1-4(2)3;1-3-2;1-2/h2-11,14H,1H3;1-4H3;4H,1-3H3;3H2,1-2H3;1-2H3. The van der Waals surface area contributed by atoms with Gasteiger partial charge in [-0.15, -0.1) is 0 Å².